The van der Waals surface area contributed by atoms with Crippen LogP contribution in [0.1, 0.15) is 47.8 Å². The molecule has 2 rings (SSSR count). The molecule has 0 atom stereocenters. The number of aliphatic imine (C=N–C) groups is 1. The van der Waals surface area contributed by atoms with Gasteiger partial charge in [-0.05, 0) is 69.0 Å². The number of methoxy groups -OCH3 is 1. The molecule has 2 aromatic carbocycles. The van der Waals surface area contributed by atoms with Gasteiger partial charge >= 0.3 is 0 Å². The molecule has 168 valence electrons. The van der Waals surface area contributed by atoms with Crippen LogP contribution in [0.3, 0.4) is 0 Å². The summed E-state index contributed by atoms with van der Waals surface area (Å²) in [6, 6.07) is 14.0. The highest BCUT2D eigenvalue weighted by atomic mass is 16.5. The van der Waals surface area contributed by atoms with Gasteiger partial charge in [0.05, 0.1) is 13.7 Å². The van der Waals surface area contributed by atoms with Crippen molar-refractivity contribution in [1.82, 2.24) is 15.5 Å². The smallest absolute Gasteiger partial charge is 0.253 e. The second kappa shape index (κ2) is 12.6. The first-order valence-corrected chi connectivity index (χ1v) is 11.1. The van der Waals surface area contributed by atoms with E-state index in [1.807, 2.05) is 49.9 Å². The summed E-state index contributed by atoms with van der Waals surface area (Å²) < 4.78 is 5.41. The Morgan fingerprint density at radius 2 is 1.68 bits per heavy atom. The van der Waals surface area contributed by atoms with Crippen molar-refractivity contribution in [2.24, 2.45) is 4.99 Å². The Bertz CT molecular complexity index is 858. The molecule has 6 nitrogen and oxygen atoms in total. The summed E-state index contributed by atoms with van der Waals surface area (Å²) >= 11 is 0. The molecule has 0 unspecified atom stereocenters. The Balaban J connectivity index is 1.94. The van der Waals surface area contributed by atoms with Gasteiger partial charge in [0.1, 0.15) is 5.75 Å². The molecule has 2 aromatic rings. The monoisotopic (exact) mass is 424 g/mol. The summed E-state index contributed by atoms with van der Waals surface area (Å²) in [5.41, 5.74) is 4.14. The molecule has 0 aromatic heterocycles. The molecule has 0 saturated carbocycles. The van der Waals surface area contributed by atoms with Gasteiger partial charge in [-0.1, -0.05) is 24.3 Å². The molecule has 0 radical (unpaired) electrons. The van der Waals surface area contributed by atoms with Gasteiger partial charge in [-0.2, -0.15) is 0 Å². The Hall–Kier alpha value is -3.02. The maximum Gasteiger partial charge on any atom is 0.253 e. The van der Waals surface area contributed by atoms with Crippen molar-refractivity contribution in [3.63, 3.8) is 0 Å². The standard InChI is InChI=1S/C25H36N4O2/c1-6-26-25(27-16-15-20-10-9-19(4)23(17-20)31-5)28-18-21-11-13-22(14-12-21)24(30)29(7-2)8-3/h9-14,17H,6-8,15-16,18H2,1-5H3,(H2,26,27,28). The second-order valence-electron chi connectivity index (χ2n) is 7.35. The molecule has 31 heavy (non-hydrogen) atoms. The molecule has 0 aliphatic rings. The van der Waals surface area contributed by atoms with Crippen molar-refractivity contribution >= 4 is 11.9 Å². The van der Waals surface area contributed by atoms with Crippen LogP contribution in [0.15, 0.2) is 47.5 Å². The zero-order chi connectivity index (χ0) is 22.6. The third-order valence-electron chi connectivity index (χ3n) is 5.19. The zero-order valence-corrected chi connectivity index (χ0v) is 19.5. The summed E-state index contributed by atoms with van der Waals surface area (Å²) in [4.78, 5) is 18.9. The van der Waals surface area contributed by atoms with Crippen LogP contribution >= 0.6 is 0 Å². The molecule has 0 saturated heterocycles. The molecule has 0 aliphatic carbocycles. The summed E-state index contributed by atoms with van der Waals surface area (Å²) in [7, 11) is 1.70. The van der Waals surface area contributed by atoms with Gasteiger partial charge in [-0.25, -0.2) is 4.99 Å². The number of nitrogens with zero attached hydrogens (tertiary/aromatic N) is 2. The maximum absolute atomic E-state index is 12.4. The number of aryl methyl sites for hydroxylation is 1. The topological polar surface area (TPSA) is 66.0 Å². The normalized spacial score (nSPS) is 11.2. The van der Waals surface area contributed by atoms with Crippen LogP contribution in [0.25, 0.3) is 0 Å². The lowest BCUT2D eigenvalue weighted by molar-refractivity contribution is 0.0773. The van der Waals surface area contributed by atoms with Gasteiger partial charge in [0.25, 0.3) is 5.91 Å². The van der Waals surface area contributed by atoms with Crippen molar-refractivity contribution in [2.75, 3.05) is 33.3 Å². The number of hydrogen-bond donors (Lipinski definition) is 2. The van der Waals surface area contributed by atoms with Gasteiger partial charge in [0.2, 0.25) is 0 Å². The average Bonchev–Trinajstić information content (AvgIpc) is 2.79. The first kappa shape index (κ1) is 24.3. The zero-order valence-electron chi connectivity index (χ0n) is 19.5. The van der Waals surface area contributed by atoms with Gasteiger partial charge in [-0.15, -0.1) is 0 Å². The van der Waals surface area contributed by atoms with E-state index in [2.05, 4.69) is 40.7 Å². The minimum absolute atomic E-state index is 0.0720. The van der Waals surface area contributed by atoms with Crippen molar-refractivity contribution in [2.45, 2.75) is 40.7 Å². The van der Waals surface area contributed by atoms with Crippen LogP contribution in [-0.4, -0.2) is 50.1 Å². The van der Waals surface area contributed by atoms with E-state index >= 15 is 0 Å². The van der Waals surface area contributed by atoms with Crippen LogP contribution in [0.2, 0.25) is 0 Å². The quantitative estimate of drug-likeness (QED) is 0.450. The third kappa shape index (κ3) is 7.31. The molecule has 0 spiro atoms. The molecule has 0 heterocycles. The van der Waals surface area contributed by atoms with Gasteiger partial charge in [0.15, 0.2) is 5.96 Å². The Morgan fingerprint density at radius 3 is 2.29 bits per heavy atom. The highest BCUT2D eigenvalue weighted by Gasteiger charge is 2.11. The van der Waals surface area contributed by atoms with E-state index in [1.165, 1.54) is 5.56 Å². The van der Waals surface area contributed by atoms with Crippen LogP contribution < -0.4 is 15.4 Å². The number of guanidine groups is 1. The van der Waals surface area contributed by atoms with Crippen LogP contribution in [0.5, 0.6) is 5.75 Å². The van der Waals surface area contributed by atoms with E-state index in [1.54, 1.807) is 7.11 Å². The van der Waals surface area contributed by atoms with Gasteiger partial charge in [-0.3, -0.25) is 4.79 Å². The van der Waals surface area contributed by atoms with E-state index in [4.69, 9.17) is 4.74 Å². The molecule has 1 amide bonds. The number of rotatable bonds is 10. The number of amides is 1. The minimum Gasteiger partial charge on any atom is -0.496 e. The number of carbonyl (C=O) groups excluding carboxylic acids is 1. The van der Waals surface area contributed by atoms with Gasteiger partial charge in [0, 0.05) is 31.7 Å². The van der Waals surface area contributed by atoms with E-state index in [9.17, 15) is 4.79 Å². The summed E-state index contributed by atoms with van der Waals surface area (Å²) in [5.74, 6) is 1.77. The van der Waals surface area contributed by atoms with Crippen LogP contribution in [0.4, 0.5) is 0 Å². The van der Waals surface area contributed by atoms with Crippen molar-refractivity contribution in [3.05, 3.63) is 64.7 Å². The first-order valence-electron chi connectivity index (χ1n) is 11.1. The van der Waals surface area contributed by atoms with Crippen LogP contribution in [-0.2, 0) is 13.0 Å². The molecule has 0 fully saturated rings. The Labute approximate surface area is 186 Å². The number of ether oxygens (including phenoxy) is 1. The molecular weight excluding hydrogens is 388 g/mol. The highest BCUT2D eigenvalue weighted by Crippen LogP contribution is 2.19. The van der Waals surface area contributed by atoms with E-state index in [0.717, 1.165) is 47.9 Å². The molecule has 2 N–H and O–H groups in total. The lowest BCUT2D eigenvalue weighted by atomic mass is 10.1. The number of hydrogen-bond acceptors (Lipinski definition) is 3. The Kier molecular flexibility index (Phi) is 9.88. The Morgan fingerprint density at radius 1 is 1.00 bits per heavy atom. The molecular formula is C25H36N4O2. The lowest BCUT2D eigenvalue weighted by Crippen LogP contribution is -2.38. The number of nitrogens with one attached hydrogen (secondary N) is 2. The largest absolute Gasteiger partial charge is 0.496 e. The number of carbonyl (C=O) groups is 1. The highest BCUT2D eigenvalue weighted by molar-refractivity contribution is 5.94. The summed E-state index contributed by atoms with van der Waals surface area (Å²) in [6.45, 7) is 11.6. The van der Waals surface area contributed by atoms with Crippen LogP contribution in [0, 0.1) is 6.92 Å². The van der Waals surface area contributed by atoms with Crippen molar-refractivity contribution in [3.8, 4) is 5.75 Å². The molecule has 0 bridgehead atoms. The summed E-state index contributed by atoms with van der Waals surface area (Å²) in [6.07, 6.45) is 0.878. The summed E-state index contributed by atoms with van der Waals surface area (Å²) in [5, 5.41) is 6.67. The fourth-order valence-corrected chi connectivity index (χ4v) is 3.30. The van der Waals surface area contributed by atoms with E-state index in [-0.39, 0.29) is 5.91 Å². The lowest BCUT2D eigenvalue weighted by Gasteiger charge is -2.18. The SMILES string of the molecule is CCNC(=NCc1ccc(C(=O)N(CC)CC)cc1)NCCc1ccc(C)c(OC)c1. The minimum atomic E-state index is 0.0720. The van der Waals surface area contributed by atoms with E-state index < -0.39 is 0 Å². The molecule has 6 heteroatoms. The van der Waals surface area contributed by atoms with Crippen molar-refractivity contribution < 1.29 is 9.53 Å². The second-order valence-corrected chi connectivity index (χ2v) is 7.35. The fourth-order valence-electron chi connectivity index (χ4n) is 3.30. The third-order valence-corrected chi connectivity index (χ3v) is 5.19. The first-order chi connectivity index (χ1) is 15.0. The van der Waals surface area contributed by atoms with E-state index in [0.29, 0.717) is 19.6 Å². The maximum atomic E-state index is 12.4. The van der Waals surface area contributed by atoms with Crippen molar-refractivity contribution in [1.29, 1.82) is 0 Å². The fraction of sp³-hybridized carbons (Fsp3) is 0.440. The number of benzene rings is 2. The predicted octanol–water partition coefficient (Wildman–Crippen LogP) is 3.78. The van der Waals surface area contributed by atoms with Gasteiger partial charge < -0.3 is 20.3 Å². The molecule has 0 aliphatic heterocycles. The average molecular weight is 425 g/mol. The predicted molar refractivity (Wildman–Crippen MR) is 128 cm³/mol.